The Morgan fingerprint density at radius 1 is 1.42 bits per heavy atom. The molecule has 0 aliphatic heterocycles. The van der Waals surface area contributed by atoms with E-state index in [2.05, 4.69) is 0 Å². The summed E-state index contributed by atoms with van der Waals surface area (Å²) >= 11 is 0. The van der Waals surface area contributed by atoms with Crippen molar-refractivity contribution in [3.05, 3.63) is 11.1 Å². The van der Waals surface area contributed by atoms with Crippen molar-refractivity contribution in [2.45, 2.75) is 33.4 Å². The van der Waals surface area contributed by atoms with Crippen LogP contribution in [0.1, 0.15) is 27.2 Å². The average Bonchev–Trinajstić information content (AvgIpc) is 2.03. The van der Waals surface area contributed by atoms with Crippen LogP contribution in [0.2, 0.25) is 0 Å². The average molecular weight is 175 g/mol. The van der Waals surface area contributed by atoms with Crippen molar-refractivity contribution in [1.82, 2.24) is 0 Å². The first-order chi connectivity index (χ1) is 5.54. The van der Waals surface area contributed by atoms with Crippen molar-refractivity contribution < 1.29 is 8.78 Å². The molecule has 0 heterocycles. The highest BCUT2D eigenvalue weighted by Crippen LogP contribution is 2.16. The SMILES string of the molecule is CCC(F)/C(C)=C(\CF)C(C)=N. The van der Waals surface area contributed by atoms with E-state index in [9.17, 15) is 8.78 Å². The van der Waals surface area contributed by atoms with Gasteiger partial charge in [0.15, 0.2) is 0 Å². The molecule has 12 heavy (non-hydrogen) atoms. The maximum Gasteiger partial charge on any atom is 0.121 e. The number of nitrogens with one attached hydrogen (secondary N) is 1. The summed E-state index contributed by atoms with van der Waals surface area (Å²) in [6.07, 6.45) is -0.779. The summed E-state index contributed by atoms with van der Waals surface area (Å²) in [4.78, 5) is 0. The van der Waals surface area contributed by atoms with Crippen LogP contribution in [-0.2, 0) is 0 Å². The largest absolute Gasteiger partial charge is 0.305 e. The van der Waals surface area contributed by atoms with Crippen LogP contribution in [0.15, 0.2) is 11.1 Å². The van der Waals surface area contributed by atoms with Crippen molar-refractivity contribution in [2.75, 3.05) is 6.67 Å². The summed E-state index contributed by atoms with van der Waals surface area (Å²) in [5, 5.41) is 7.19. The lowest BCUT2D eigenvalue weighted by atomic mass is 10.0. The Balaban J connectivity index is 4.71. The molecule has 0 amide bonds. The summed E-state index contributed by atoms with van der Waals surface area (Å²) in [6, 6.07) is 0. The zero-order valence-corrected chi connectivity index (χ0v) is 7.75. The predicted molar refractivity (Wildman–Crippen MR) is 47.3 cm³/mol. The number of allylic oxidation sites excluding steroid dienone is 2. The van der Waals surface area contributed by atoms with Crippen molar-refractivity contribution in [3.63, 3.8) is 0 Å². The molecule has 1 atom stereocenters. The maximum atomic E-state index is 13.0. The Morgan fingerprint density at radius 3 is 2.17 bits per heavy atom. The van der Waals surface area contributed by atoms with E-state index >= 15 is 0 Å². The van der Waals surface area contributed by atoms with Crippen molar-refractivity contribution >= 4 is 5.71 Å². The molecule has 0 bridgehead atoms. The summed E-state index contributed by atoms with van der Waals surface area (Å²) in [5.41, 5.74) is 0.669. The Hall–Kier alpha value is -0.730. The second kappa shape index (κ2) is 5.01. The van der Waals surface area contributed by atoms with Gasteiger partial charge in [-0.05, 0) is 25.8 Å². The Labute approximate surface area is 72.0 Å². The normalized spacial score (nSPS) is 15.4. The molecule has 1 nitrogen and oxygen atoms in total. The summed E-state index contributed by atoms with van der Waals surface area (Å²) < 4.78 is 25.3. The molecule has 70 valence electrons. The lowest BCUT2D eigenvalue weighted by Crippen LogP contribution is -2.09. The van der Waals surface area contributed by atoms with E-state index in [0.29, 0.717) is 12.0 Å². The van der Waals surface area contributed by atoms with Crippen molar-refractivity contribution in [3.8, 4) is 0 Å². The number of rotatable bonds is 4. The van der Waals surface area contributed by atoms with Gasteiger partial charge in [0, 0.05) is 11.3 Å². The molecule has 0 saturated heterocycles. The second-order valence-corrected chi connectivity index (χ2v) is 2.80. The molecule has 0 saturated carbocycles. The van der Waals surface area contributed by atoms with E-state index in [4.69, 9.17) is 5.41 Å². The fourth-order valence-electron chi connectivity index (χ4n) is 0.997. The predicted octanol–water partition coefficient (Wildman–Crippen LogP) is 3.06. The third kappa shape index (κ3) is 2.72. The summed E-state index contributed by atoms with van der Waals surface area (Å²) in [6.45, 7) is 3.97. The lowest BCUT2D eigenvalue weighted by Gasteiger charge is -2.10. The van der Waals surface area contributed by atoms with Gasteiger partial charge in [-0.3, -0.25) is 0 Å². The minimum atomic E-state index is -1.11. The van der Waals surface area contributed by atoms with Crippen LogP contribution in [0.25, 0.3) is 0 Å². The number of hydrogen-bond acceptors (Lipinski definition) is 1. The molecule has 0 aromatic carbocycles. The summed E-state index contributed by atoms with van der Waals surface area (Å²) in [5.74, 6) is 0. The maximum absolute atomic E-state index is 13.0. The second-order valence-electron chi connectivity index (χ2n) is 2.80. The Bertz CT molecular complexity index is 197. The van der Waals surface area contributed by atoms with Gasteiger partial charge >= 0.3 is 0 Å². The molecule has 0 aliphatic rings. The molecule has 0 radical (unpaired) electrons. The molecule has 0 rings (SSSR count). The minimum Gasteiger partial charge on any atom is -0.305 e. The minimum absolute atomic E-state index is 0.117. The van der Waals surface area contributed by atoms with E-state index in [-0.39, 0.29) is 11.3 Å². The van der Waals surface area contributed by atoms with Gasteiger partial charge in [0.1, 0.15) is 12.8 Å². The number of hydrogen-bond donors (Lipinski definition) is 1. The fourth-order valence-corrected chi connectivity index (χ4v) is 0.997. The molecule has 1 unspecified atom stereocenters. The molecule has 0 aromatic rings. The van der Waals surface area contributed by atoms with Crippen LogP contribution in [0.5, 0.6) is 0 Å². The van der Waals surface area contributed by atoms with Crippen LogP contribution in [-0.4, -0.2) is 18.6 Å². The van der Waals surface area contributed by atoms with Crippen LogP contribution in [0.3, 0.4) is 0 Å². The van der Waals surface area contributed by atoms with E-state index < -0.39 is 12.8 Å². The number of halogens is 2. The van der Waals surface area contributed by atoms with Gasteiger partial charge in [-0.1, -0.05) is 6.92 Å². The van der Waals surface area contributed by atoms with E-state index in [0.717, 1.165) is 0 Å². The first-order valence-corrected chi connectivity index (χ1v) is 3.99. The first kappa shape index (κ1) is 11.3. The van der Waals surface area contributed by atoms with Gasteiger partial charge in [0.25, 0.3) is 0 Å². The van der Waals surface area contributed by atoms with Gasteiger partial charge in [-0.2, -0.15) is 0 Å². The van der Waals surface area contributed by atoms with Gasteiger partial charge in [0.05, 0.1) is 0 Å². The van der Waals surface area contributed by atoms with Crippen molar-refractivity contribution in [2.24, 2.45) is 0 Å². The van der Waals surface area contributed by atoms with Crippen LogP contribution >= 0.6 is 0 Å². The zero-order valence-electron chi connectivity index (χ0n) is 7.75. The van der Waals surface area contributed by atoms with Gasteiger partial charge in [0.2, 0.25) is 0 Å². The van der Waals surface area contributed by atoms with Crippen molar-refractivity contribution in [1.29, 1.82) is 5.41 Å². The lowest BCUT2D eigenvalue weighted by molar-refractivity contribution is 0.368. The monoisotopic (exact) mass is 175 g/mol. The summed E-state index contributed by atoms with van der Waals surface area (Å²) in [7, 11) is 0. The highest BCUT2D eigenvalue weighted by Gasteiger charge is 2.12. The third-order valence-electron chi connectivity index (χ3n) is 1.89. The molecule has 0 aliphatic carbocycles. The van der Waals surface area contributed by atoms with Gasteiger partial charge < -0.3 is 5.41 Å². The molecule has 0 fully saturated rings. The van der Waals surface area contributed by atoms with Gasteiger partial charge in [-0.15, -0.1) is 0 Å². The Kier molecular flexibility index (Phi) is 4.71. The highest BCUT2D eigenvalue weighted by molar-refractivity contribution is 5.96. The highest BCUT2D eigenvalue weighted by atomic mass is 19.1. The Morgan fingerprint density at radius 2 is 1.92 bits per heavy atom. The van der Waals surface area contributed by atoms with Crippen LogP contribution < -0.4 is 0 Å². The topological polar surface area (TPSA) is 23.9 Å². The van der Waals surface area contributed by atoms with E-state index in [1.807, 2.05) is 0 Å². The quantitative estimate of drug-likeness (QED) is 0.635. The first-order valence-electron chi connectivity index (χ1n) is 3.99. The molecular weight excluding hydrogens is 160 g/mol. The van der Waals surface area contributed by atoms with E-state index in [1.54, 1.807) is 13.8 Å². The van der Waals surface area contributed by atoms with E-state index in [1.165, 1.54) is 6.92 Å². The van der Waals surface area contributed by atoms with Crippen LogP contribution in [0, 0.1) is 5.41 Å². The molecule has 0 aromatic heterocycles. The molecule has 1 N–H and O–H groups in total. The smallest absolute Gasteiger partial charge is 0.121 e. The zero-order chi connectivity index (χ0) is 9.72. The van der Waals surface area contributed by atoms with Gasteiger partial charge in [-0.25, -0.2) is 8.78 Å². The molecule has 0 spiro atoms. The third-order valence-corrected chi connectivity index (χ3v) is 1.89. The van der Waals surface area contributed by atoms with Crippen LogP contribution in [0.4, 0.5) is 8.78 Å². The number of alkyl halides is 2. The molecule has 3 heteroatoms. The molecular formula is C9H15F2N. The standard InChI is InChI=1S/C9H15F2N/c1-4-9(11)6(2)8(5-10)7(3)12/h9,12H,4-5H2,1-3H3/b8-6+,12-7?. The fraction of sp³-hybridized carbons (Fsp3) is 0.667.